The maximum atomic E-state index is 11.8. The number of non-ortho nitro benzene ring substituents is 1. The summed E-state index contributed by atoms with van der Waals surface area (Å²) < 4.78 is 1.69. The predicted octanol–water partition coefficient (Wildman–Crippen LogP) is 3.39. The molecule has 0 unspecified atom stereocenters. The first kappa shape index (κ1) is 18.9. The number of amides is 1. The van der Waals surface area contributed by atoms with Crippen molar-refractivity contribution in [1.29, 1.82) is 0 Å². The SMILES string of the molecule is O=C(CNc1ccc(Br)cc1Br)NN=Cc1cc([N+](=O)[O-])ccc1O. The number of hydrogen-bond donors (Lipinski definition) is 3. The van der Waals surface area contributed by atoms with Crippen LogP contribution in [0.2, 0.25) is 0 Å². The molecule has 2 rings (SSSR count). The van der Waals surface area contributed by atoms with Crippen LogP contribution in [0.1, 0.15) is 5.56 Å². The van der Waals surface area contributed by atoms with Crippen molar-refractivity contribution >= 4 is 55.4 Å². The summed E-state index contributed by atoms with van der Waals surface area (Å²) in [5, 5.41) is 27.0. The van der Waals surface area contributed by atoms with Gasteiger partial charge in [0.15, 0.2) is 0 Å². The second kappa shape index (κ2) is 8.58. The zero-order chi connectivity index (χ0) is 18.4. The molecule has 2 aromatic carbocycles. The number of nitro groups is 1. The van der Waals surface area contributed by atoms with E-state index in [4.69, 9.17) is 0 Å². The molecule has 0 saturated heterocycles. The lowest BCUT2D eigenvalue weighted by Gasteiger charge is -2.07. The minimum Gasteiger partial charge on any atom is -0.507 e. The number of nitrogens with one attached hydrogen (secondary N) is 2. The number of aromatic hydroxyl groups is 1. The van der Waals surface area contributed by atoms with E-state index in [1.54, 1.807) is 6.07 Å². The van der Waals surface area contributed by atoms with Crippen LogP contribution in [-0.2, 0) is 4.79 Å². The van der Waals surface area contributed by atoms with Gasteiger partial charge in [0.25, 0.3) is 11.6 Å². The van der Waals surface area contributed by atoms with Gasteiger partial charge in [-0.2, -0.15) is 5.10 Å². The normalized spacial score (nSPS) is 10.6. The second-order valence-electron chi connectivity index (χ2n) is 4.77. The lowest BCUT2D eigenvalue weighted by atomic mass is 10.2. The van der Waals surface area contributed by atoms with Gasteiger partial charge in [0.1, 0.15) is 5.75 Å². The zero-order valence-electron chi connectivity index (χ0n) is 12.6. The lowest BCUT2D eigenvalue weighted by Crippen LogP contribution is -2.26. The molecule has 0 bridgehead atoms. The van der Waals surface area contributed by atoms with Gasteiger partial charge in [-0.05, 0) is 40.2 Å². The third-order valence-electron chi connectivity index (χ3n) is 2.99. The number of benzene rings is 2. The van der Waals surface area contributed by atoms with Crippen molar-refractivity contribution < 1.29 is 14.8 Å². The number of anilines is 1. The van der Waals surface area contributed by atoms with E-state index in [2.05, 4.69) is 47.7 Å². The molecule has 130 valence electrons. The van der Waals surface area contributed by atoms with E-state index in [1.165, 1.54) is 12.1 Å². The van der Waals surface area contributed by atoms with Gasteiger partial charge in [0.05, 0.1) is 17.7 Å². The molecule has 2 aromatic rings. The molecule has 0 aliphatic rings. The van der Waals surface area contributed by atoms with Crippen LogP contribution in [0.15, 0.2) is 50.4 Å². The van der Waals surface area contributed by atoms with Crippen molar-refractivity contribution in [2.45, 2.75) is 0 Å². The molecule has 0 radical (unpaired) electrons. The van der Waals surface area contributed by atoms with E-state index < -0.39 is 10.8 Å². The second-order valence-corrected chi connectivity index (χ2v) is 6.54. The van der Waals surface area contributed by atoms with Crippen LogP contribution in [0.4, 0.5) is 11.4 Å². The molecule has 0 heterocycles. The topological polar surface area (TPSA) is 117 Å². The average molecular weight is 472 g/mol. The Hall–Kier alpha value is -2.46. The maximum Gasteiger partial charge on any atom is 0.270 e. The monoisotopic (exact) mass is 470 g/mol. The summed E-state index contributed by atoms with van der Waals surface area (Å²) in [5.74, 6) is -0.600. The molecule has 1 amide bonds. The molecular weight excluding hydrogens is 460 g/mol. The van der Waals surface area contributed by atoms with E-state index in [-0.39, 0.29) is 23.5 Å². The van der Waals surface area contributed by atoms with Gasteiger partial charge in [-0.1, -0.05) is 15.9 Å². The minimum atomic E-state index is -0.588. The van der Waals surface area contributed by atoms with Crippen LogP contribution < -0.4 is 10.7 Å². The quantitative estimate of drug-likeness (QED) is 0.339. The van der Waals surface area contributed by atoms with Gasteiger partial charge in [-0.3, -0.25) is 14.9 Å². The first-order chi connectivity index (χ1) is 11.9. The Morgan fingerprint density at radius 1 is 1.28 bits per heavy atom. The highest BCUT2D eigenvalue weighted by molar-refractivity contribution is 9.11. The fourth-order valence-corrected chi connectivity index (χ4v) is 2.97. The third kappa shape index (κ3) is 5.54. The number of nitro benzene ring substituents is 1. The molecule has 10 heteroatoms. The van der Waals surface area contributed by atoms with Crippen LogP contribution >= 0.6 is 31.9 Å². The van der Waals surface area contributed by atoms with Crippen LogP contribution in [0.5, 0.6) is 5.75 Å². The van der Waals surface area contributed by atoms with Gasteiger partial charge in [-0.25, -0.2) is 5.43 Å². The summed E-state index contributed by atoms with van der Waals surface area (Å²) in [4.78, 5) is 21.9. The molecule has 0 saturated carbocycles. The number of hydrogen-bond acceptors (Lipinski definition) is 6. The summed E-state index contributed by atoms with van der Waals surface area (Å²) in [5.41, 5.74) is 2.94. The van der Waals surface area contributed by atoms with Crippen molar-refractivity contribution in [2.75, 3.05) is 11.9 Å². The number of phenols is 1. The summed E-state index contributed by atoms with van der Waals surface area (Å²) in [6, 6.07) is 8.98. The number of carbonyl (C=O) groups is 1. The Morgan fingerprint density at radius 3 is 2.72 bits per heavy atom. The fraction of sp³-hybridized carbons (Fsp3) is 0.0667. The van der Waals surface area contributed by atoms with Crippen LogP contribution in [0, 0.1) is 10.1 Å². The molecule has 0 aliphatic carbocycles. The highest BCUT2D eigenvalue weighted by atomic mass is 79.9. The van der Waals surface area contributed by atoms with E-state index in [0.717, 1.165) is 26.9 Å². The van der Waals surface area contributed by atoms with E-state index in [0.29, 0.717) is 0 Å². The van der Waals surface area contributed by atoms with Gasteiger partial charge < -0.3 is 10.4 Å². The third-order valence-corrected chi connectivity index (χ3v) is 4.13. The van der Waals surface area contributed by atoms with Crippen molar-refractivity contribution in [1.82, 2.24) is 5.43 Å². The number of hydrazone groups is 1. The number of nitrogens with zero attached hydrogens (tertiary/aromatic N) is 2. The summed E-state index contributed by atoms with van der Waals surface area (Å²) in [7, 11) is 0. The van der Waals surface area contributed by atoms with Gasteiger partial charge in [0.2, 0.25) is 0 Å². The van der Waals surface area contributed by atoms with E-state index in [9.17, 15) is 20.0 Å². The largest absolute Gasteiger partial charge is 0.507 e. The van der Waals surface area contributed by atoms with E-state index >= 15 is 0 Å². The Morgan fingerprint density at radius 2 is 2.04 bits per heavy atom. The Kier molecular flexibility index (Phi) is 6.48. The standard InChI is InChI=1S/C15H12Br2N4O4/c16-10-1-3-13(12(17)6-10)18-8-15(23)20-19-7-9-5-11(21(24)25)2-4-14(9)22/h1-7,18,22H,8H2,(H,20,23). The van der Waals surface area contributed by atoms with Gasteiger partial charge in [0, 0.05) is 32.3 Å². The zero-order valence-corrected chi connectivity index (χ0v) is 15.7. The van der Waals surface area contributed by atoms with Gasteiger partial charge in [-0.15, -0.1) is 0 Å². The highest BCUT2D eigenvalue weighted by Crippen LogP contribution is 2.25. The molecule has 3 N–H and O–H groups in total. The molecule has 0 spiro atoms. The lowest BCUT2D eigenvalue weighted by molar-refractivity contribution is -0.384. The molecule has 0 aromatic heterocycles. The maximum absolute atomic E-state index is 11.8. The molecule has 0 aliphatic heterocycles. The van der Waals surface area contributed by atoms with Crippen LogP contribution in [0.25, 0.3) is 0 Å². The van der Waals surface area contributed by atoms with Crippen molar-refractivity contribution in [2.24, 2.45) is 5.10 Å². The Labute approximate surface area is 159 Å². The van der Waals surface area contributed by atoms with Crippen LogP contribution in [0.3, 0.4) is 0 Å². The minimum absolute atomic E-state index is 0.0293. The fourth-order valence-electron chi connectivity index (χ4n) is 1.78. The summed E-state index contributed by atoms with van der Waals surface area (Å²) >= 11 is 6.70. The smallest absolute Gasteiger partial charge is 0.270 e. The Balaban J connectivity index is 1.92. The molecule has 0 atom stereocenters. The van der Waals surface area contributed by atoms with Crippen molar-refractivity contribution in [3.05, 3.63) is 61.0 Å². The van der Waals surface area contributed by atoms with Crippen LogP contribution in [-0.4, -0.2) is 28.7 Å². The molecule has 8 nitrogen and oxygen atoms in total. The molecular formula is C15H12Br2N4O4. The van der Waals surface area contributed by atoms with E-state index in [1.807, 2.05) is 12.1 Å². The molecule has 0 fully saturated rings. The van der Waals surface area contributed by atoms with Crippen molar-refractivity contribution in [3.8, 4) is 5.75 Å². The number of carbonyl (C=O) groups excluding carboxylic acids is 1. The number of phenolic OH excluding ortho intramolecular Hbond substituents is 1. The first-order valence-corrected chi connectivity index (χ1v) is 8.43. The van der Waals surface area contributed by atoms with Crippen molar-refractivity contribution in [3.63, 3.8) is 0 Å². The first-order valence-electron chi connectivity index (χ1n) is 6.85. The predicted molar refractivity (Wildman–Crippen MR) is 101 cm³/mol. The summed E-state index contributed by atoms with van der Waals surface area (Å²) in [6.07, 6.45) is 1.13. The summed E-state index contributed by atoms with van der Waals surface area (Å²) in [6.45, 7) is -0.0293. The number of rotatable bonds is 6. The highest BCUT2D eigenvalue weighted by Gasteiger charge is 2.09. The average Bonchev–Trinajstić information content (AvgIpc) is 2.55. The molecule has 25 heavy (non-hydrogen) atoms. The Bertz CT molecular complexity index is 842. The van der Waals surface area contributed by atoms with Gasteiger partial charge >= 0.3 is 0 Å². The number of halogens is 2.